The summed E-state index contributed by atoms with van der Waals surface area (Å²) in [5, 5.41) is 39.9. The number of rotatable bonds is 4. The minimum Gasteiger partial charge on any atom is -0.396 e. The molecule has 4 N–H and O–H groups in total. The maximum absolute atomic E-state index is 15.0. The van der Waals surface area contributed by atoms with E-state index in [-0.39, 0.29) is 5.56 Å². The standard InChI is InChI=1S/C21H23ClF2O4/c1-11-2-4-12(5-3-11)8-14-9-13(6-7-16(14)22)17-19(27)20(28)18(26)15(10-25)21(17,23)24/h2-7,9,15,17-20,25-28H,8,10H2,1H3/t15-,17+,18-,19+,20+/m1/s1. The Morgan fingerprint density at radius 1 is 0.964 bits per heavy atom. The average molecular weight is 413 g/mol. The molecule has 2 aromatic rings. The van der Waals surface area contributed by atoms with E-state index in [0.29, 0.717) is 17.0 Å². The van der Waals surface area contributed by atoms with Crippen molar-refractivity contribution in [2.24, 2.45) is 5.92 Å². The number of benzene rings is 2. The quantitative estimate of drug-likeness (QED) is 0.622. The van der Waals surface area contributed by atoms with E-state index in [1.807, 2.05) is 31.2 Å². The molecule has 4 nitrogen and oxygen atoms in total. The van der Waals surface area contributed by atoms with Crippen LogP contribution in [-0.4, -0.2) is 51.3 Å². The summed E-state index contributed by atoms with van der Waals surface area (Å²) in [6.45, 7) is 0.944. The normalized spacial score (nSPS) is 29.6. The first-order chi connectivity index (χ1) is 13.2. The van der Waals surface area contributed by atoms with E-state index in [1.165, 1.54) is 18.2 Å². The van der Waals surface area contributed by atoms with Gasteiger partial charge in [0.05, 0.1) is 30.7 Å². The zero-order valence-corrected chi connectivity index (χ0v) is 16.0. The highest BCUT2D eigenvalue weighted by Gasteiger charge is 2.60. The van der Waals surface area contributed by atoms with Gasteiger partial charge in [-0.05, 0) is 36.1 Å². The van der Waals surface area contributed by atoms with E-state index < -0.39 is 42.7 Å². The van der Waals surface area contributed by atoms with Crippen LogP contribution < -0.4 is 0 Å². The highest BCUT2D eigenvalue weighted by atomic mass is 35.5. The zero-order valence-electron chi connectivity index (χ0n) is 15.3. The third-order valence-electron chi connectivity index (χ3n) is 5.50. The molecule has 0 unspecified atom stereocenters. The van der Waals surface area contributed by atoms with Crippen LogP contribution in [0.25, 0.3) is 0 Å². The smallest absolute Gasteiger partial charge is 0.264 e. The Balaban J connectivity index is 1.99. The van der Waals surface area contributed by atoms with Crippen molar-refractivity contribution in [2.45, 2.75) is 43.5 Å². The van der Waals surface area contributed by atoms with Gasteiger partial charge in [-0.2, -0.15) is 0 Å². The lowest BCUT2D eigenvalue weighted by atomic mass is 9.70. The molecule has 0 radical (unpaired) electrons. The maximum atomic E-state index is 15.0. The molecule has 28 heavy (non-hydrogen) atoms. The van der Waals surface area contributed by atoms with Gasteiger partial charge in [0.2, 0.25) is 0 Å². The Kier molecular flexibility index (Phi) is 6.08. The van der Waals surface area contributed by atoms with Crippen LogP contribution in [0.3, 0.4) is 0 Å². The van der Waals surface area contributed by atoms with Crippen LogP contribution in [0.2, 0.25) is 5.02 Å². The van der Waals surface area contributed by atoms with Crippen LogP contribution in [0.5, 0.6) is 0 Å². The molecule has 0 bridgehead atoms. The molecular formula is C21H23ClF2O4. The van der Waals surface area contributed by atoms with Crippen LogP contribution in [0.15, 0.2) is 42.5 Å². The molecule has 1 fully saturated rings. The molecule has 1 saturated carbocycles. The van der Waals surface area contributed by atoms with Crippen molar-refractivity contribution in [1.82, 2.24) is 0 Å². The van der Waals surface area contributed by atoms with Gasteiger partial charge in [0.25, 0.3) is 5.92 Å². The van der Waals surface area contributed by atoms with Gasteiger partial charge >= 0.3 is 0 Å². The first-order valence-electron chi connectivity index (χ1n) is 9.03. The monoisotopic (exact) mass is 412 g/mol. The number of hydrogen-bond donors (Lipinski definition) is 4. The lowest BCUT2D eigenvalue weighted by molar-refractivity contribution is -0.232. The maximum Gasteiger partial charge on any atom is 0.264 e. The topological polar surface area (TPSA) is 80.9 Å². The van der Waals surface area contributed by atoms with E-state index in [9.17, 15) is 29.2 Å². The Labute approximate surface area is 167 Å². The van der Waals surface area contributed by atoms with Crippen molar-refractivity contribution in [3.8, 4) is 0 Å². The highest BCUT2D eigenvalue weighted by molar-refractivity contribution is 6.31. The zero-order chi connectivity index (χ0) is 20.6. The second-order valence-corrected chi connectivity index (χ2v) is 7.83. The molecule has 5 atom stereocenters. The minimum atomic E-state index is -3.62. The lowest BCUT2D eigenvalue weighted by Gasteiger charge is -2.45. The second kappa shape index (κ2) is 8.05. The van der Waals surface area contributed by atoms with Gasteiger partial charge in [-0.15, -0.1) is 0 Å². The molecule has 0 aliphatic heterocycles. The summed E-state index contributed by atoms with van der Waals surface area (Å²) in [6.07, 6.45) is -5.19. The number of halogens is 3. The van der Waals surface area contributed by atoms with Crippen LogP contribution in [0.4, 0.5) is 8.78 Å². The van der Waals surface area contributed by atoms with Crippen LogP contribution in [0.1, 0.15) is 28.2 Å². The molecule has 3 rings (SSSR count). The van der Waals surface area contributed by atoms with E-state index in [2.05, 4.69) is 0 Å². The molecule has 152 valence electrons. The van der Waals surface area contributed by atoms with Crippen molar-refractivity contribution in [1.29, 1.82) is 0 Å². The summed E-state index contributed by atoms with van der Waals surface area (Å²) < 4.78 is 29.9. The predicted molar refractivity (Wildman–Crippen MR) is 102 cm³/mol. The summed E-state index contributed by atoms with van der Waals surface area (Å²) >= 11 is 6.25. The fourth-order valence-electron chi connectivity index (χ4n) is 3.82. The van der Waals surface area contributed by atoms with Gasteiger partial charge in [0, 0.05) is 5.02 Å². The Morgan fingerprint density at radius 2 is 1.61 bits per heavy atom. The largest absolute Gasteiger partial charge is 0.396 e. The molecule has 2 aromatic carbocycles. The highest BCUT2D eigenvalue weighted by Crippen LogP contribution is 2.48. The molecular weight excluding hydrogens is 390 g/mol. The van der Waals surface area contributed by atoms with Gasteiger partial charge in [-0.3, -0.25) is 0 Å². The third kappa shape index (κ3) is 3.80. The van der Waals surface area contributed by atoms with E-state index in [1.54, 1.807) is 0 Å². The van der Waals surface area contributed by atoms with Crippen LogP contribution >= 0.6 is 11.6 Å². The minimum absolute atomic E-state index is 0.0911. The molecule has 0 amide bonds. The number of aliphatic hydroxyl groups excluding tert-OH is 4. The average Bonchev–Trinajstić information content (AvgIpc) is 2.64. The number of hydrogen-bond acceptors (Lipinski definition) is 4. The first-order valence-corrected chi connectivity index (χ1v) is 9.41. The lowest BCUT2D eigenvalue weighted by Crippen LogP contribution is -2.61. The van der Waals surface area contributed by atoms with Crippen molar-refractivity contribution in [2.75, 3.05) is 6.61 Å². The van der Waals surface area contributed by atoms with Gasteiger partial charge in [-0.25, -0.2) is 8.78 Å². The van der Waals surface area contributed by atoms with E-state index in [0.717, 1.165) is 11.1 Å². The predicted octanol–water partition coefficient (Wildman–Crippen LogP) is 2.66. The Hall–Kier alpha value is -1.57. The number of alkyl halides is 2. The summed E-state index contributed by atoms with van der Waals surface area (Å²) in [4.78, 5) is 0. The molecule has 0 spiro atoms. The molecule has 0 saturated heterocycles. The SMILES string of the molecule is Cc1ccc(Cc2cc([C@H]3[C@H](O)[C@@H](O)[C@H](O)[C@@H](CO)C3(F)F)ccc2Cl)cc1. The van der Waals surface area contributed by atoms with E-state index >= 15 is 0 Å². The van der Waals surface area contributed by atoms with Crippen molar-refractivity contribution in [3.05, 3.63) is 69.7 Å². The van der Waals surface area contributed by atoms with Crippen molar-refractivity contribution in [3.63, 3.8) is 0 Å². The molecule has 1 aliphatic rings. The van der Waals surface area contributed by atoms with E-state index in [4.69, 9.17) is 11.6 Å². The van der Waals surface area contributed by atoms with Gasteiger partial charge in [-0.1, -0.05) is 53.6 Å². The first kappa shape index (κ1) is 21.1. The van der Waals surface area contributed by atoms with Gasteiger partial charge in [0.1, 0.15) is 6.10 Å². The van der Waals surface area contributed by atoms with Crippen LogP contribution in [0, 0.1) is 12.8 Å². The summed E-state index contributed by atoms with van der Waals surface area (Å²) in [5.74, 6) is -7.29. The summed E-state index contributed by atoms with van der Waals surface area (Å²) in [6, 6.07) is 12.1. The van der Waals surface area contributed by atoms with Gasteiger partial charge < -0.3 is 20.4 Å². The van der Waals surface area contributed by atoms with Crippen LogP contribution in [-0.2, 0) is 6.42 Å². The second-order valence-electron chi connectivity index (χ2n) is 7.43. The fraction of sp³-hybridized carbons (Fsp3) is 0.429. The Bertz CT molecular complexity index is 828. The Morgan fingerprint density at radius 3 is 2.21 bits per heavy atom. The summed E-state index contributed by atoms with van der Waals surface area (Å²) in [7, 11) is 0. The number of aryl methyl sites for hydroxylation is 1. The van der Waals surface area contributed by atoms with Gasteiger partial charge in [0.15, 0.2) is 0 Å². The third-order valence-corrected chi connectivity index (χ3v) is 5.87. The van der Waals surface area contributed by atoms with Crippen molar-refractivity contribution >= 4 is 11.6 Å². The fourth-order valence-corrected chi connectivity index (χ4v) is 4.01. The molecule has 7 heteroatoms. The van der Waals surface area contributed by atoms with Crippen molar-refractivity contribution < 1.29 is 29.2 Å². The number of aliphatic hydroxyl groups is 4. The molecule has 0 heterocycles. The molecule has 1 aliphatic carbocycles. The summed E-state index contributed by atoms with van der Waals surface area (Å²) in [5.41, 5.74) is 2.74. The molecule has 0 aromatic heterocycles.